The number of nitrogens with zero attached hydrogens (tertiary/aromatic N) is 2. The molecule has 0 spiro atoms. The number of aromatic nitrogens is 2. The molecule has 1 saturated carbocycles. The number of carbonyl (C=O) groups excluding carboxylic acids is 1. The Bertz CT molecular complexity index is 575. The summed E-state index contributed by atoms with van der Waals surface area (Å²) in [7, 11) is 0. The molecule has 0 atom stereocenters. The summed E-state index contributed by atoms with van der Waals surface area (Å²) < 4.78 is 0. The van der Waals surface area contributed by atoms with Gasteiger partial charge in [0, 0.05) is 18.3 Å². The number of hydrogen-bond acceptors (Lipinski definition) is 6. The summed E-state index contributed by atoms with van der Waals surface area (Å²) in [6.45, 7) is 7.72. The van der Waals surface area contributed by atoms with Gasteiger partial charge >= 0.3 is 0 Å². The van der Waals surface area contributed by atoms with Crippen LogP contribution in [0.5, 0.6) is 0 Å². The molecule has 0 bridgehead atoms. The number of carbonyl (C=O) groups is 1. The predicted molar refractivity (Wildman–Crippen MR) is 95.0 cm³/mol. The van der Waals surface area contributed by atoms with Gasteiger partial charge in [0.1, 0.15) is 5.82 Å². The Morgan fingerprint density at radius 3 is 2.46 bits per heavy atom. The highest BCUT2D eigenvalue weighted by atomic mass is 16.3. The Morgan fingerprint density at radius 1 is 1.33 bits per heavy atom. The van der Waals surface area contributed by atoms with Crippen molar-refractivity contribution < 1.29 is 9.90 Å². The molecule has 1 amide bonds. The van der Waals surface area contributed by atoms with Crippen molar-refractivity contribution in [3.05, 3.63) is 11.8 Å². The molecular weight excluding hydrogens is 306 g/mol. The van der Waals surface area contributed by atoms with E-state index in [9.17, 15) is 9.90 Å². The fourth-order valence-corrected chi connectivity index (χ4v) is 3.14. The Balaban J connectivity index is 2.09. The molecule has 0 radical (unpaired) electrons. The lowest BCUT2D eigenvalue weighted by atomic mass is 9.77. The summed E-state index contributed by atoms with van der Waals surface area (Å²) in [5.74, 6) is 0.712. The molecule has 1 aliphatic rings. The van der Waals surface area contributed by atoms with Gasteiger partial charge in [0.2, 0.25) is 5.95 Å². The molecule has 5 N–H and O–H groups in total. The van der Waals surface area contributed by atoms with E-state index in [-0.39, 0.29) is 12.1 Å². The second kappa shape index (κ2) is 7.34. The first-order chi connectivity index (χ1) is 11.2. The van der Waals surface area contributed by atoms with E-state index in [0.717, 1.165) is 25.7 Å². The van der Waals surface area contributed by atoms with Gasteiger partial charge in [-0.3, -0.25) is 4.79 Å². The number of aliphatic hydroxyl groups is 1. The van der Waals surface area contributed by atoms with Gasteiger partial charge in [-0.15, -0.1) is 0 Å². The molecule has 1 aromatic heterocycles. The number of amides is 1. The summed E-state index contributed by atoms with van der Waals surface area (Å²) in [4.78, 5) is 20.2. The van der Waals surface area contributed by atoms with Gasteiger partial charge in [-0.25, -0.2) is 4.98 Å². The van der Waals surface area contributed by atoms with Crippen molar-refractivity contribution in [1.82, 2.24) is 9.97 Å². The van der Waals surface area contributed by atoms with Crippen LogP contribution in [0.2, 0.25) is 0 Å². The van der Waals surface area contributed by atoms with Crippen LogP contribution in [0, 0.1) is 5.92 Å². The van der Waals surface area contributed by atoms with E-state index in [2.05, 4.69) is 20.6 Å². The third kappa shape index (κ3) is 4.80. The van der Waals surface area contributed by atoms with Gasteiger partial charge in [0.05, 0.1) is 11.2 Å². The van der Waals surface area contributed by atoms with Gasteiger partial charge in [-0.2, -0.15) is 4.98 Å². The van der Waals surface area contributed by atoms with E-state index in [1.54, 1.807) is 0 Å². The molecule has 24 heavy (non-hydrogen) atoms. The van der Waals surface area contributed by atoms with Crippen molar-refractivity contribution in [2.24, 2.45) is 11.7 Å². The lowest BCUT2D eigenvalue weighted by molar-refractivity contribution is -0.000402. The van der Waals surface area contributed by atoms with Crippen molar-refractivity contribution in [2.45, 2.75) is 71.1 Å². The zero-order valence-corrected chi connectivity index (χ0v) is 15.0. The summed E-state index contributed by atoms with van der Waals surface area (Å²) in [6.07, 6.45) is 5.18. The van der Waals surface area contributed by atoms with Crippen LogP contribution in [-0.2, 0) is 0 Å². The molecule has 7 heteroatoms. The SMILES string of the molecule is CC(C)Nc1ncc(C(N)=O)c(N[C@H]2CC[C@@H](C(C)(C)O)CC2)n1. The van der Waals surface area contributed by atoms with E-state index in [1.165, 1.54) is 6.20 Å². The topological polar surface area (TPSA) is 113 Å². The van der Waals surface area contributed by atoms with Crippen LogP contribution in [-0.4, -0.2) is 38.7 Å². The summed E-state index contributed by atoms with van der Waals surface area (Å²) in [5, 5.41) is 16.6. The largest absolute Gasteiger partial charge is 0.390 e. The molecule has 0 aliphatic heterocycles. The summed E-state index contributed by atoms with van der Waals surface area (Å²) >= 11 is 0. The van der Waals surface area contributed by atoms with Crippen LogP contribution in [0.3, 0.4) is 0 Å². The van der Waals surface area contributed by atoms with Crippen molar-refractivity contribution in [3.8, 4) is 0 Å². The standard InChI is InChI=1S/C17H29N5O2/c1-10(2)20-16-19-9-13(14(18)23)15(22-16)21-12-7-5-11(6-8-12)17(3,4)24/h9-12,24H,5-8H2,1-4H3,(H2,18,23)(H2,19,20,21,22)/t11-,12+. The maximum Gasteiger partial charge on any atom is 0.254 e. The molecule has 1 aliphatic carbocycles. The minimum atomic E-state index is -0.646. The zero-order valence-electron chi connectivity index (χ0n) is 15.0. The lowest BCUT2D eigenvalue weighted by Crippen LogP contribution is -2.37. The Kier molecular flexibility index (Phi) is 5.64. The first-order valence-corrected chi connectivity index (χ1v) is 8.59. The van der Waals surface area contributed by atoms with Crippen LogP contribution in [0.4, 0.5) is 11.8 Å². The van der Waals surface area contributed by atoms with Crippen LogP contribution >= 0.6 is 0 Å². The third-order valence-electron chi connectivity index (χ3n) is 4.54. The zero-order chi connectivity index (χ0) is 17.9. The van der Waals surface area contributed by atoms with Crippen molar-refractivity contribution >= 4 is 17.7 Å². The molecule has 1 aromatic rings. The molecule has 2 rings (SSSR count). The fourth-order valence-electron chi connectivity index (χ4n) is 3.14. The number of hydrogen-bond donors (Lipinski definition) is 4. The molecule has 1 fully saturated rings. The van der Waals surface area contributed by atoms with Crippen LogP contribution in [0.15, 0.2) is 6.20 Å². The highest BCUT2D eigenvalue weighted by Gasteiger charge is 2.31. The highest BCUT2D eigenvalue weighted by molar-refractivity contribution is 5.97. The maximum atomic E-state index is 11.6. The number of nitrogens with one attached hydrogen (secondary N) is 2. The van der Waals surface area contributed by atoms with Crippen molar-refractivity contribution in [1.29, 1.82) is 0 Å². The molecule has 0 unspecified atom stereocenters. The van der Waals surface area contributed by atoms with Gasteiger partial charge in [-0.1, -0.05) is 0 Å². The first-order valence-electron chi connectivity index (χ1n) is 8.59. The minimum Gasteiger partial charge on any atom is -0.390 e. The summed E-state index contributed by atoms with van der Waals surface area (Å²) in [5.41, 5.74) is 5.09. The molecule has 0 saturated heterocycles. The monoisotopic (exact) mass is 335 g/mol. The van der Waals surface area contributed by atoms with E-state index in [0.29, 0.717) is 23.2 Å². The second-order valence-electron chi connectivity index (χ2n) is 7.47. The number of rotatable bonds is 6. The van der Waals surface area contributed by atoms with E-state index >= 15 is 0 Å². The predicted octanol–water partition coefficient (Wildman–Crippen LogP) is 2.14. The number of nitrogens with two attached hydrogens (primary N) is 1. The maximum absolute atomic E-state index is 11.6. The lowest BCUT2D eigenvalue weighted by Gasteiger charge is -2.36. The second-order valence-corrected chi connectivity index (χ2v) is 7.47. The Labute approximate surface area is 143 Å². The van der Waals surface area contributed by atoms with Gasteiger partial charge in [0.25, 0.3) is 5.91 Å². The first kappa shape index (κ1) is 18.4. The Morgan fingerprint density at radius 2 is 1.96 bits per heavy atom. The van der Waals surface area contributed by atoms with Crippen LogP contribution in [0.1, 0.15) is 63.7 Å². The van der Waals surface area contributed by atoms with E-state index in [1.807, 2.05) is 27.7 Å². The average Bonchev–Trinajstić information content (AvgIpc) is 2.46. The molecule has 1 heterocycles. The van der Waals surface area contributed by atoms with E-state index < -0.39 is 11.5 Å². The molecule has 0 aromatic carbocycles. The smallest absolute Gasteiger partial charge is 0.254 e. The van der Waals surface area contributed by atoms with Crippen molar-refractivity contribution in [2.75, 3.05) is 10.6 Å². The van der Waals surface area contributed by atoms with E-state index in [4.69, 9.17) is 5.73 Å². The van der Waals surface area contributed by atoms with Crippen molar-refractivity contribution in [3.63, 3.8) is 0 Å². The van der Waals surface area contributed by atoms with Gasteiger partial charge < -0.3 is 21.5 Å². The van der Waals surface area contributed by atoms with Gasteiger partial charge in [-0.05, 0) is 59.3 Å². The highest BCUT2D eigenvalue weighted by Crippen LogP contribution is 2.33. The molecular formula is C17H29N5O2. The quantitative estimate of drug-likeness (QED) is 0.633. The van der Waals surface area contributed by atoms with Crippen LogP contribution in [0.25, 0.3) is 0 Å². The minimum absolute atomic E-state index is 0.194. The Hall–Kier alpha value is -1.89. The molecule has 134 valence electrons. The van der Waals surface area contributed by atoms with Gasteiger partial charge in [0.15, 0.2) is 0 Å². The number of primary amides is 1. The van der Waals surface area contributed by atoms with Crippen LogP contribution < -0.4 is 16.4 Å². The normalized spacial score (nSPS) is 21.6. The average molecular weight is 335 g/mol. The summed E-state index contributed by atoms with van der Waals surface area (Å²) in [6, 6.07) is 0.406. The third-order valence-corrected chi connectivity index (χ3v) is 4.54. The number of anilines is 2. The molecule has 7 nitrogen and oxygen atoms in total. The fraction of sp³-hybridized carbons (Fsp3) is 0.706.